The standard InChI is InChI=1S/C19H14ClN3O3S/c1-26-18(25)13-9-23(15-5-3-2-4-12(13)15)10-17(24)22-19-21-14-7-6-11(20)8-16(14)27-19/h2-9H,10H2,1H3,(H,21,22,24). The number of aromatic nitrogens is 2. The Bertz CT molecular complexity index is 1180. The van der Waals surface area contributed by atoms with Crippen molar-refractivity contribution in [1.29, 1.82) is 0 Å². The highest BCUT2D eigenvalue weighted by molar-refractivity contribution is 7.22. The van der Waals surface area contributed by atoms with Gasteiger partial charge in [0.1, 0.15) is 6.54 Å². The molecule has 0 aliphatic carbocycles. The number of halogens is 1. The van der Waals surface area contributed by atoms with Crippen molar-refractivity contribution >= 4 is 61.1 Å². The number of anilines is 1. The maximum Gasteiger partial charge on any atom is 0.340 e. The van der Waals surface area contributed by atoms with Crippen LogP contribution >= 0.6 is 22.9 Å². The van der Waals surface area contributed by atoms with E-state index in [2.05, 4.69) is 10.3 Å². The second-order valence-electron chi connectivity index (χ2n) is 5.86. The fourth-order valence-electron chi connectivity index (χ4n) is 2.92. The van der Waals surface area contributed by atoms with E-state index in [4.69, 9.17) is 16.3 Å². The van der Waals surface area contributed by atoms with Gasteiger partial charge in [0.25, 0.3) is 0 Å². The number of benzene rings is 2. The van der Waals surface area contributed by atoms with Gasteiger partial charge in [0.05, 0.1) is 22.9 Å². The van der Waals surface area contributed by atoms with E-state index in [1.807, 2.05) is 36.4 Å². The van der Waals surface area contributed by atoms with E-state index in [0.29, 0.717) is 15.7 Å². The number of rotatable bonds is 4. The Kier molecular flexibility index (Phi) is 4.55. The summed E-state index contributed by atoms with van der Waals surface area (Å²) in [6.45, 7) is 0.0498. The van der Waals surface area contributed by atoms with Gasteiger partial charge in [-0.1, -0.05) is 41.1 Å². The molecule has 2 aromatic heterocycles. The zero-order valence-corrected chi connectivity index (χ0v) is 15.8. The number of hydrogen-bond acceptors (Lipinski definition) is 5. The van der Waals surface area contributed by atoms with Crippen LogP contribution in [0.15, 0.2) is 48.7 Å². The van der Waals surface area contributed by atoms with Crippen LogP contribution in [-0.2, 0) is 16.1 Å². The molecule has 1 N–H and O–H groups in total. The molecular formula is C19H14ClN3O3S. The topological polar surface area (TPSA) is 73.2 Å². The second-order valence-corrected chi connectivity index (χ2v) is 7.33. The number of thiazole rings is 1. The van der Waals surface area contributed by atoms with Gasteiger partial charge in [-0.25, -0.2) is 9.78 Å². The normalized spacial score (nSPS) is 11.0. The number of nitrogens with one attached hydrogen (secondary N) is 1. The van der Waals surface area contributed by atoms with Gasteiger partial charge in [0, 0.05) is 22.1 Å². The molecule has 136 valence electrons. The van der Waals surface area contributed by atoms with Crippen molar-refractivity contribution in [3.63, 3.8) is 0 Å². The van der Waals surface area contributed by atoms with Crippen LogP contribution in [0.4, 0.5) is 5.13 Å². The summed E-state index contributed by atoms with van der Waals surface area (Å²) in [5.41, 5.74) is 1.98. The summed E-state index contributed by atoms with van der Waals surface area (Å²) < 4.78 is 7.45. The number of esters is 1. The highest BCUT2D eigenvalue weighted by Gasteiger charge is 2.17. The number of fused-ring (bicyclic) bond motifs is 2. The molecule has 0 aliphatic heterocycles. The molecule has 2 aromatic carbocycles. The first-order valence-electron chi connectivity index (χ1n) is 8.07. The lowest BCUT2D eigenvalue weighted by atomic mass is 10.2. The van der Waals surface area contributed by atoms with Crippen molar-refractivity contribution < 1.29 is 14.3 Å². The Morgan fingerprint density at radius 2 is 2.07 bits per heavy atom. The highest BCUT2D eigenvalue weighted by Crippen LogP contribution is 2.28. The lowest BCUT2D eigenvalue weighted by Gasteiger charge is -2.04. The minimum absolute atomic E-state index is 0.0498. The lowest BCUT2D eigenvalue weighted by Crippen LogP contribution is -2.18. The molecular weight excluding hydrogens is 386 g/mol. The minimum atomic E-state index is -0.437. The minimum Gasteiger partial charge on any atom is -0.465 e. The molecule has 0 radical (unpaired) electrons. The molecule has 2 heterocycles. The van der Waals surface area contributed by atoms with Gasteiger partial charge in [0.2, 0.25) is 5.91 Å². The predicted molar refractivity (Wildman–Crippen MR) is 107 cm³/mol. The first-order valence-corrected chi connectivity index (χ1v) is 9.27. The van der Waals surface area contributed by atoms with Gasteiger partial charge in [-0.15, -0.1) is 0 Å². The molecule has 4 rings (SSSR count). The van der Waals surface area contributed by atoms with E-state index in [1.165, 1.54) is 18.4 Å². The van der Waals surface area contributed by atoms with E-state index < -0.39 is 5.97 Å². The number of nitrogens with zero attached hydrogens (tertiary/aromatic N) is 2. The number of carbonyl (C=O) groups excluding carboxylic acids is 2. The summed E-state index contributed by atoms with van der Waals surface area (Å²) in [7, 11) is 1.33. The number of amides is 1. The van der Waals surface area contributed by atoms with Gasteiger partial charge in [-0.05, 0) is 24.3 Å². The molecule has 1 amide bonds. The number of methoxy groups -OCH3 is 1. The molecule has 6 nitrogen and oxygen atoms in total. The monoisotopic (exact) mass is 399 g/mol. The average molecular weight is 400 g/mol. The Morgan fingerprint density at radius 1 is 1.26 bits per heavy atom. The van der Waals surface area contributed by atoms with Crippen LogP contribution in [0, 0.1) is 0 Å². The van der Waals surface area contributed by atoms with Crippen LogP contribution in [0.1, 0.15) is 10.4 Å². The number of ether oxygens (including phenoxy) is 1. The average Bonchev–Trinajstić information content (AvgIpc) is 3.21. The highest BCUT2D eigenvalue weighted by atomic mass is 35.5. The van der Waals surface area contributed by atoms with E-state index in [-0.39, 0.29) is 12.5 Å². The van der Waals surface area contributed by atoms with E-state index in [1.54, 1.807) is 16.8 Å². The second kappa shape index (κ2) is 7.02. The summed E-state index contributed by atoms with van der Waals surface area (Å²) in [6.07, 6.45) is 1.63. The molecule has 4 aromatic rings. The SMILES string of the molecule is COC(=O)c1cn(CC(=O)Nc2nc3ccc(Cl)cc3s2)c2ccccc12. The van der Waals surface area contributed by atoms with Gasteiger partial charge < -0.3 is 14.6 Å². The van der Waals surface area contributed by atoms with Crippen molar-refractivity contribution in [3.8, 4) is 0 Å². The van der Waals surface area contributed by atoms with Crippen molar-refractivity contribution in [1.82, 2.24) is 9.55 Å². The van der Waals surface area contributed by atoms with Gasteiger partial charge in [0.15, 0.2) is 5.13 Å². The third-order valence-electron chi connectivity index (χ3n) is 4.10. The van der Waals surface area contributed by atoms with Crippen molar-refractivity contribution in [2.24, 2.45) is 0 Å². The molecule has 0 aliphatic rings. The summed E-state index contributed by atoms with van der Waals surface area (Å²) in [5, 5.41) is 4.67. The van der Waals surface area contributed by atoms with Crippen molar-refractivity contribution in [2.45, 2.75) is 6.54 Å². The molecule has 0 fully saturated rings. The molecule has 0 atom stereocenters. The van der Waals surface area contributed by atoms with Crippen LogP contribution in [0.25, 0.3) is 21.1 Å². The fourth-order valence-corrected chi connectivity index (χ4v) is 4.07. The molecule has 27 heavy (non-hydrogen) atoms. The summed E-state index contributed by atoms with van der Waals surface area (Å²) in [5.74, 6) is -0.675. The van der Waals surface area contributed by atoms with Crippen LogP contribution in [0.5, 0.6) is 0 Å². The van der Waals surface area contributed by atoms with Crippen molar-refractivity contribution in [2.75, 3.05) is 12.4 Å². The molecule has 0 unspecified atom stereocenters. The number of para-hydroxylation sites is 1. The third kappa shape index (κ3) is 3.39. The maximum absolute atomic E-state index is 12.5. The van der Waals surface area contributed by atoms with Crippen LogP contribution in [0.3, 0.4) is 0 Å². The Labute approximate surface area is 163 Å². The first-order chi connectivity index (χ1) is 13.0. The Hall–Kier alpha value is -2.90. The predicted octanol–water partition coefficient (Wildman–Crippen LogP) is 4.33. The third-order valence-corrected chi connectivity index (χ3v) is 5.27. The number of carbonyl (C=O) groups is 2. The fraction of sp³-hybridized carbons (Fsp3) is 0.105. The Balaban J connectivity index is 1.59. The molecule has 8 heteroatoms. The molecule has 0 bridgehead atoms. The summed E-state index contributed by atoms with van der Waals surface area (Å²) >= 11 is 7.34. The largest absolute Gasteiger partial charge is 0.465 e. The quantitative estimate of drug-likeness (QED) is 0.518. The van der Waals surface area contributed by atoms with Gasteiger partial charge in [-0.2, -0.15) is 0 Å². The number of hydrogen-bond donors (Lipinski definition) is 1. The van der Waals surface area contributed by atoms with E-state index in [9.17, 15) is 9.59 Å². The van der Waals surface area contributed by atoms with Gasteiger partial charge >= 0.3 is 5.97 Å². The van der Waals surface area contributed by atoms with Crippen LogP contribution in [-0.4, -0.2) is 28.5 Å². The zero-order valence-electron chi connectivity index (χ0n) is 14.2. The van der Waals surface area contributed by atoms with Gasteiger partial charge in [-0.3, -0.25) is 4.79 Å². The Morgan fingerprint density at radius 3 is 2.89 bits per heavy atom. The van der Waals surface area contributed by atoms with E-state index in [0.717, 1.165) is 21.1 Å². The lowest BCUT2D eigenvalue weighted by molar-refractivity contribution is -0.116. The first kappa shape index (κ1) is 17.5. The van der Waals surface area contributed by atoms with Crippen LogP contribution < -0.4 is 5.32 Å². The van der Waals surface area contributed by atoms with E-state index >= 15 is 0 Å². The molecule has 0 saturated carbocycles. The summed E-state index contributed by atoms with van der Waals surface area (Å²) in [6, 6.07) is 12.8. The van der Waals surface area contributed by atoms with Crippen LogP contribution in [0.2, 0.25) is 5.02 Å². The smallest absolute Gasteiger partial charge is 0.340 e. The molecule has 0 saturated heterocycles. The maximum atomic E-state index is 12.5. The summed E-state index contributed by atoms with van der Waals surface area (Å²) in [4.78, 5) is 28.9. The molecule has 0 spiro atoms. The van der Waals surface area contributed by atoms with Crippen molar-refractivity contribution in [3.05, 3.63) is 59.2 Å². The zero-order chi connectivity index (χ0) is 19.0.